The van der Waals surface area contributed by atoms with Crippen molar-refractivity contribution in [3.8, 4) is 11.5 Å². The molecule has 0 spiro atoms. The molecule has 140 valence electrons. The minimum Gasteiger partial charge on any atom is -0.493 e. The highest BCUT2D eigenvalue weighted by molar-refractivity contribution is 6.33. The first-order valence-electron chi connectivity index (χ1n) is 8.01. The third-order valence-electron chi connectivity index (χ3n) is 3.76. The maximum atomic E-state index is 13.1. The third kappa shape index (κ3) is 5.09. The summed E-state index contributed by atoms with van der Waals surface area (Å²) in [7, 11) is 3.14. The Morgan fingerprint density at radius 2 is 1.92 bits per heavy atom. The Bertz CT molecular complexity index is 769. The van der Waals surface area contributed by atoms with Gasteiger partial charge in [-0.05, 0) is 42.8 Å². The van der Waals surface area contributed by atoms with Crippen LogP contribution in [-0.4, -0.2) is 33.3 Å². The van der Waals surface area contributed by atoms with Crippen LogP contribution in [0.2, 0.25) is 5.02 Å². The first kappa shape index (κ1) is 20.0. The third-order valence-corrected chi connectivity index (χ3v) is 4.07. The fraction of sp³-hybridized carbons (Fsp3) is 0.316. The minimum absolute atomic E-state index is 0.0640. The molecule has 0 heterocycles. The van der Waals surface area contributed by atoms with Crippen LogP contribution in [0.5, 0.6) is 11.5 Å². The first-order chi connectivity index (χ1) is 12.5. The van der Waals surface area contributed by atoms with E-state index in [1.54, 1.807) is 26.4 Å². The highest BCUT2D eigenvalue weighted by atomic mass is 35.5. The van der Waals surface area contributed by atoms with E-state index in [-0.39, 0.29) is 22.5 Å². The number of rotatable bonds is 8. The van der Waals surface area contributed by atoms with Crippen molar-refractivity contribution in [2.75, 3.05) is 27.4 Å². The van der Waals surface area contributed by atoms with Crippen LogP contribution in [-0.2, 0) is 4.74 Å². The van der Waals surface area contributed by atoms with E-state index in [1.807, 2.05) is 13.0 Å². The molecule has 2 rings (SSSR count). The van der Waals surface area contributed by atoms with Crippen LogP contribution in [0.3, 0.4) is 0 Å². The second-order valence-corrected chi connectivity index (χ2v) is 5.98. The minimum atomic E-state index is -0.492. The maximum Gasteiger partial charge on any atom is 0.253 e. The van der Waals surface area contributed by atoms with Gasteiger partial charge in [-0.25, -0.2) is 4.39 Å². The summed E-state index contributed by atoms with van der Waals surface area (Å²) in [5.41, 5.74) is 1.04. The van der Waals surface area contributed by atoms with Crippen LogP contribution in [0, 0.1) is 5.82 Å². The molecule has 0 fully saturated rings. The van der Waals surface area contributed by atoms with Crippen LogP contribution in [0.25, 0.3) is 0 Å². The van der Waals surface area contributed by atoms with Crippen molar-refractivity contribution in [2.24, 2.45) is 0 Å². The van der Waals surface area contributed by atoms with E-state index in [1.165, 1.54) is 12.1 Å². The molecule has 0 saturated heterocycles. The average molecular weight is 382 g/mol. The summed E-state index contributed by atoms with van der Waals surface area (Å²) in [6.45, 7) is 2.70. The largest absolute Gasteiger partial charge is 0.493 e. The number of nitrogens with one attached hydrogen (secondary N) is 1. The van der Waals surface area contributed by atoms with E-state index in [0.717, 1.165) is 11.6 Å². The molecule has 2 aromatic rings. The Hall–Kier alpha value is -2.31. The Morgan fingerprint density at radius 3 is 2.58 bits per heavy atom. The summed E-state index contributed by atoms with van der Waals surface area (Å²) in [6, 6.07) is 8.74. The van der Waals surface area contributed by atoms with Gasteiger partial charge in [0, 0.05) is 7.11 Å². The molecule has 26 heavy (non-hydrogen) atoms. The van der Waals surface area contributed by atoms with Crippen LogP contribution in [0.1, 0.15) is 28.9 Å². The summed E-state index contributed by atoms with van der Waals surface area (Å²) >= 11 is 5.94. The molecule has 0 aromatic heterocycles. The highest BCUT2D eigenvalue weighted by Gasteiger charge is 2.16. The number of carbonyl (C=O) groups is 1. The number of methoxy groups -OCH3 is 2. The first-order valence-corrected chi connectivity index (χ1v) is 8.39. The van der Waals surface area contributed by atoms with E-state index in [0.29, 0.717) is 24.7 Å². The zero-order valence-electron chi connectivity index (χ0n) is 14.8. The van der Waals surface area contributed by atoms with Gasteiger partial charge in [0.2, 0.25) is 0 Å². The van der Waals surface area contributed by atoms with Crippen molar-refractivity contribution < 1.29 is 23.4 Å². The van der Waals surface area contributed by atoms with Crippen LogP contribution < -0.4 is 14.8 Å². The summed E-state index contributed by atoms with van der Waals surface area (Å²) in [5, 5.41) is 2.90. The van der Waals surface area contributed by atoms with Crippen molar-refractivity contribution in [3.05, 3.63) is 58.4 Å². The lowest BCUT2D eigenvalue weighted by atomic mass is 10.1. The van der Waals surface area contributed by atoms with Gasteiger partial charge in [-0.1, -0.05) is 17.7 Å². The van der Waals surface area contributed by atoms with Crippen molar-refractivity contribution in [1.82, 2.24) is 5.32 Å². The Morgan fingerprint density at radius 1 is 1.15 bits per heavy atom. The van der Waals surface area contributed by atoms with Gasteiger partial charge in [0.05, 0.1) is 30.3 Å². The van der Waals surface area contributed by atoms with Crippen LogP contribution in [0.4, 0.5) is 4.39 Å². The fourth-order valence-corrected chi connectivity index (χ4v) is 2.59. The Kier molecular flexibility index (Phi) is 7.24. The number of hydrogen-bond donors (Lipinski definition) is 1. The van der Waals surface area contributed by atoms with Gasteiger partial charge in [-0.3, -0.25) is 4.79 Å². The van der Waals surface area contributed by atoms with Gasteiger partial charge in [0.15, 0.2) is 11.5 Å². The predicted molar refractivity (Wildman–Crippen MR) is 97.7 cm³/mol. The number of carbonyl (C=O) groups excluding carboxylic acids is 1. The molecule has 2 aromatic carbocycles. The lowest BCUT2D eigenvalue weighted by Gasteiger charge is -2.17. The molecule has 0 aliphatic carbocycles. The molecule has 0 saturated carbocycles. The van der Waals surface area contributed by atoms with Gasteiger partial charge >= 0.3 is 0 Å². The lowest BCUT2D eigenvalue weighted by molar-refractivity contribution is 0.0940. The van der Waals surface area contributed by atoms with E-state index in [2.05, 4.69) is 5.32 Å². The van der Waals surface area contributed by atoms with Gasteiger partial charge in [0.1, 0.15) is 12.4 Å². The Balaban J connectivity index is 2.10. The second kappa shape index (κ2) is 9.40. The number of benzene rings is 2. The van der Waals surface area contributed by atoms with Crippen LogP contribution >= 0.6 is 11.6 Å². The molecule has 0 unspecified atom stereocenters. The molecule has 1 amide bonds. The van der Waals surface area contributed by atoms with E-state index in [4.69, 9.17) is 25.8 Å². The quantitative estimate of drug-likeness (QED) is 0.702. The van der Waals surface area contributed by atoms with E-state index < -0.39 is 5.82 Å². The summed E-state index contributed by atoms with van der Waals surface area (Å²) in [5.74, 6) is 0.267. The van der Waals surface area contributed by atoms with E-state index in [9.17, 15) is 9.18 Å². The standard InChI is InChI=1S/C19H21ClFNO4/c1-12(22-19(23)15-6-5-14(21)11-16(15)20)13-4-7-17(18(10-13)25-3)26-9-8-24-2/h4-7,10-12H,8-9H2,1-3H3,(H,22,23)/t12-/m0/s1. The van der Waals surface area contributed by atoms with Crippen molar-refractivity contribution >= 4 is 17.5 Å². The molecule has 0 bridgehead atoms. The van der Waals surface area contributed by atoms with Crippen molar-refractivity contribution in [2.45, 2.75) is 13.0 Å². The monoisotopic (exact) mass is 381 g/mol. The number of amides is 1. The Labute approximate surface area is 157 Å². The molecule has 0 radical (unpaired) electrons. The van der Waals surface area contributed by atoms with Gasteiger partial charge in [-0.15, -0.1) is 0 Å². The molecule has 1 atom stereocenters. The van der Waals surface area contributed by atoms with Gasteiger partial charge in [0.25, 0.3) is 5.91 Å². The van der Waals surface area contributed by atoms with Crippen molar-refractivity contribution in [3.63, 3.8) is 0 Å². The summed E-state index contributed by atoms with van der Waals surface area (Å²) in [6.07, 6.45) is 0. The average Bonchev–Trinajstić information content (AvgIpc) is 2.61. The molecule has 1 N–H and O–H groups in total. The summed E-state index contributed by atoms with van der Waals surface area (Å²) < 4.78 is 29.0. The predicted octanol–water partition coefficient (Wildman–Crippen LogP) is 4.00. The molecular formula is C19H21ClFNO4. The topological polar surface area (TPSA) is 56.8 Å². The molecular weight excluding hydrogens is 361 g/mol. The number of ether oxygens (including phenoxy) is 3. The normalized spacial score (nSPS) is 11.7. The number of hydrogen-bond acceptors (Lipinski definition) is 4. The molecule has 0 aliphatic heterocycles. The fourth-order valence-electron chi connectivity index (χ4n) is 2.34. The maximum absolute atomic E-state index is 13.1. The summed E-state index contributed by atoms with van der Waals surface area (Å²) in [4.78, 5) is 12.4. The molecule has 5 nitrogen and oxygen atoms in total. The molecule has 0 aliphatic rings. The lowest BCUT2D eigenvalue weighted by Crippen LogP contribution is -2.27. The van der Waals surface area contributed by atoms with Gasteiger partial charge in [-0.2, -0.15) is 0 Å². The zero-order valence-corrected chi connectivity index (χ0v) is 15.6. The SMILES string of the molecule is COCCOc1ccc([C@H](C)NC(=O)c2ccc(F)cc2Cl)cc1OC. The van der Waals surface area contributed by atoms with E-state index >= 15 is 0 Å². The molecule has 7 heteroatoms. The highest BCUT2D eigenvalue weighted by Crippen LogP contribution is 2.30. The smallest absolute Gasteiger partial charge is 0.253 e. The number of halogens is 2. The second-order valence-electron chi connectivity index (χ2n) is 5.57. The van der Waals surface area contributed by atoms with Crippen molar-refractivity contribution in [1.29, 1.82) is 0 Å². The van der Waals surface area contributed by atoms with Gasteiger partial charge < -0.3 is 19.5 Å². The van der Waals surface area contributed by atoms with Crippen LogP contribution in [0.15, 0.2) is 36.4 Å². The zero-order chi connectivity index (χ0) is 19.1.